The highest BCUT2D eigenvalue weighted by Gasteiger charge is 2.31. The third-order valence-electron chi connectivity index (χ3n) is 1.53. The molecule has 0 spiro atoms. The summed E-state index contributed by atoms with van der Waals surface area (Å²) >= 11 is 4.74. The summed E-state index contributed by atoms with van der Waals surface area (Å²) < 4.78 is 4.80. The molecule has 9 heavy (non-hydrogen) atoms. The first-order chi connectivity index (χ1) is 4.13. The summed E-state index contributed by atoms with van der Waals surface area (Å²) in [6.45, 7) is 1.85. The lowest BCUT2D eigenvalue weighted by molar-refractivity contribution is -0.0228. The van der Waals surface area contributed by atoms with E-state index < -0.39 is 6.29 Å². The number of ether oxygens (including phenoxy) is 1. The molecule has 0 aromatic rings. The Hall–Kier alpha value is -0.350. The topological polar surface area (TPSA) is 32.7 Å². The molecule has 1 saturated heterocycles. The molecule has 1 unspecified atom stereocenters. The van der Waals surface area contributed by atoms with Crippen molar-refractivity contribution in [3.05, 3.63) is 0 Å². The van der Waals surface area contributed by atoms with Gasteiger partial charge in [-0.3, -0.25) is 0 Å². The van der Waals surface area contributed by atoms with E-state index in [0.717, 1.165) is 0 Å². The van der Waals surface area contributed by atoms with Crippen LogP contribution in [0.2, 0.25) is 0 Å². The van der Waals surface area contributed by atoms with Gasteiger partial charge >= 0.3 is 0 Å². The first-order valence-electron chi connectivity index (χ1n) is 2.74. The summed E-state index contributed by atoms with van der Waals surface area (Å²) in [6.07, 6.45) is -0.748. The average molecular weight is 147 g/mol. The summed E-state index contributed by atoms with van der Waals surface area (Å²) in [6, 6.07) is -0.0162. The number of hydrogen-bond donors (Lipinski definition) is 1. The van der Waals surface area contributed by atoms with Gasteiger partial charge in [0.2, 0.25) is 6.29 Å². The fourth-order valence-corrected chi connectivity index (χ4v) is 0.907. The smallest absolute Gasteiger partial charge is 0.261 e. The van der Waals surface area contributed by atoms with Gasteiger partial charge in [-0.15, -0.1) is 0 Å². The molecule has 1 aliphatic heterocycles. The van der Waals surface area contributed by atoms with Crippen molar-refractivity contribution in [2.45, 2.75) is 19.3 Å². The van der Waals surface area contributed by atoms with Gasteiger partial charge in [0.15, 0.2) is 0 Å². The van der Waals surface area contributed by atoms with E-state index in [9.17, 15) is 0 Å². The molecule has 0 saturated carbocycles. The molecule has 0 amide bonds. The fraction of sp³-hybridized carbons (Fsp3) is 0.800. The normalized spacial score (nSPS) is 35.0. The number of thiocarbonyl (C=S) groups is 1. The Kier molecular flexibility index (Phi) is 1.59. The molecule has 1 rings (SSSR count). The van der Waals surface area contributed by atoms with Gasteiger partial charge in [0.05, 0.1) is 6.04 Å². The van der Waals surface area contributed by atoms with E-state index in [-0.39, 0.29) is 6.04 Å². The molecule has 0 aromatic carbocycles. The van der Waals surface area contributed by atoms with E-state index >= 15 is 0 Å². The first kappa shape index (κ1) is 6.77. The van der Waals surface area contributed by atoms with Crippen LogP contribution in [-0.2, 0) is 4.74 Å². The van der Waals surface area contributed by atoms with E-state index in [2.05, 4.69) is 0 Å². The second-order valence-corrected chi connectivity index (χ2v) is 2.48. The van der Waals surface area contributed by atoms with Gasteiger partial charge < -0.3 is 14.7 Å². The molecule has 1 N–H and O–H groups in total. The number of aliphatic hydroxyl groups excluding tert-OH is 1. The zero-order chi connectivity index (χ0) is 7.02. The van der Waals surface area contributed by atoms with Crippen LogP contribution in [0.25, 0.3) is 0 Å². The molecule has 52 valence electrons. The Bertz CT molecular complexity index is 139. The molecule has 0 aliphatic carbocycles. The number of hydrogen-bond acceptors (Lipinski definition) is 3. The second-order valence-electron chi connectivity index (χ2n) is 2.13. The Balaban J connectivity index is 2.65. The van der Waals surface area contributed by atoms with Crippen molar-refractivity contribution in [1.29, 1.82) is 0 Å². The van der Waals surface area contributed by atoms with Gasteiger partial charge in [0.1, 0.15) is 0 Å². The van der Waals surface area contributed by atoms with E-state index in [1.165, 1.54) is 0 Å². The minimum absolute atomic E-state index is 0.0162. The highest BCUT2D eigenvalue weighted by molar-refractivity contribution is 7.80. The summed E-state index contributed by atoms with van der Waals surface area (Å²) in [5.74, 6) is 0. The van der Waals surface area contributed by atoms with Crippen LogP contribution in [0.4, 0.5) is 0 Å². The maximum Gasteiger partial charge on any atom is 0.261 e. The number of aliphatic hydroxyl groups is 1. The molecule has 1 heterocycles. The maximum absolute atomic E-state index is 8.99. The van der Waals surface area contributed by atoms with E-state index in [4.69, 9.17) is 22.1 Å². The minimum Gasteiger partial charge on any atom is -0.439 e. The van der Waals surface area contributed by atoms with Crippen LogP contribution >= 0.6 is 12.2 Å². The fourth-order valence-electron chi connectivity index (χ4n) is 0.642. The Labute approximate surface area is 59.2 Å². The summed E-state index contributed by atoms with van der Waals surface area (Å²) in [7, 11) is 1.79. The highest BCUT2D eigenvalue weighted by Crippen LogP contribution is 2.14. The molecular weight excluding hydrogens is 138 g/mol. The van der Waals surface area contributed by atoms with Gasteiger partial charge in [-0.2, -0.15) is 0 Å². The Morgan fingerprint density at radius 2 is 2.33 bits per heavy atom. The van der Waals surface area contributed by atoms with Crippen LogP contribution in [0.3, 0.4) is 0 Å². The standard InChI is InChI=1S/C5H9NO2S/c1-3-4(7)8-5(9)6(3)2/h3-4,7H,1-2H3/t3-,4?/m0/s1. The first-order valence-corrected chi connectivity index (χ1v) is 3.15. The molecule has 3 nitrogen and oxygen atoms in total. The molecular formula is C5H9NO2S. The van der Waals surface area contributed by atoms with Crippen LogP contribution < -0.4 is 0 Å². The molecule has 2 atom stereocenters. The molecule has 0 radical (unpaired) electrons. The van der Waals surface area contributed by atoms with Gasteiger partial charge in [0, 0.05) is 7.05 Å². The van der Waals surface area contributed by atoms with E-state index in [1.54, 1.807) is 11.9 Å². The van der Waals surface area contributed by atoms with Crippen molar-refractivity contribution in [2.75, 3.05) is 7.05 Å². The third kappa shape index (κ3) is 0.997. The van der Waals surface area contributed by atoms with Crippen molar-refractivity contribution < 1.29 is 9.84 Å². The quantitative estimate of drug-likeness (QED) is 0.487. The van der Waals surface area contributed by atoms with Crippen molar-refractivity contribution in [3.63, 3.8) is 0 Å². The largest absolute Gasteiger partial charge is 0.439 e. The van der Waals surface area contributed by atoms with Crippen LogP contribution in [0, 0.1) is 0 Å². The van der Waals surface area contributed by atoms with Crippen LogP contribution in [0.1, 0.15) is 6.92 Å². The maximum atomic E-state index is 8.99. The average Bonchev–Trinajstić information content (AvgIpc) is 1.98. The molecule has 1 fully saturated rings. The van der Waals surface area contributed by atoms with Crippen LogP contribution in [-0.4, -0.2) is 34.6 Å². The Morgan fingerprint density at radius 1 is 1.78 bits per heavy atom. The lowest BCUT2D eigenvalue weighted by atomic mass is 10.3. The molecule has 4 heteroatoms. The summed E-state index contributed by atoms with van der Waals surface area (Å²) in [4.78, 5) is 1.72. The van der Waals surface area contributed by atoms with Crippen molar-refractivity contribution >= 4 is 17.4 Å². The number of nitrogens with zero attached hydrogens (tertiary/aromatic N) is 1. The predicted molar refractivity (Wildman–Crippen MR) is 36.9 cm³/mol. The minimum atomic E-state index is -0.748. The number of rotatable bonds is 0. The summed E-state index contributed by atoms with van der Waals surface area (Å²) in [5, 5.41) is 9.36. The highest BCUT2D eigenvalue weighted by atomic mass is 32.1. The Morgan fingerprint density at radius 3 is 2.44 bits per heavy atom. The lowest BCUT2D eigenvalue weighted by Crippen LogP contribution is -2.29. The zero-order valence-corrected chi connectivity index (χ0v) is 6.18. The van der Waals surface area contributed by atoms with Gasteiger partial charge in [-0.1, -0.05) is 0 Å². The van der Waals surface area contributed by atoms with Crippen molar-refractivity contribution in [3.8, 4) is 0 Å². The van der Waals surface area contributed by atoms with E-state index in [1.807, 2.05) is 6.92 Å². The van der Waals surface area contributed by atoms with Crippen LogP contribution in [0.5, 0.6) is 0 Å². The lowest BCUT2D eigenvalue weighted by Gasteiger charge is -2.12. The predicted octanol–water partition coefficient (Wildman–Crippen LogP) is -0.0598. The molecule has 0 aromatic heterocycles. The second kappa shape index (κ2) is 2.11. The van der Waals surface area contributed by atoms with Gasteiger partial charge in [-0.25, -0.2) is 0 Å². The molecule has 0 bridgehead atoms. The monoisotopic (exact) mass is 147 g/mol. The van der Waals surface area contributed by atoms with Gasteiger partial charge in [-0.05, 0) is 19.1 Å². The van der Waals surface area contributed by atoms with Crippen molar-refractivity contribution in [2.24, 2.45) is 0 Å². The van der Waals surface area contributed by atoms with Crippen molar-refractivity contribution in [1.82, 2.24) is 4.90 Å². The summed E-state index contributed by atoms with van der Waals surface area (Å²) in [5.41, 5.74) is 0. The SMILES string of the molecule is C[C@H]1C(O)OC(=S)N1C. The van der Waals surface area contributed by atoms with Crippen LogP contribution in [0.15, 0.2) is 0 Å². The molecule has 1 aliphatic rings. The zero-order valence-electron chi connectivity index (χ0n) is 5.37. The van der Waals surface area contributed by atoms with E-state index in [0.29, 0.717) is 5.17 Å². The third-order valence-corrected chi connectivity index (χ3v) is 1.92. The van der Waals surface area contributed by atoms with Gasteiger partial charge in [0.25, 0.3) is 5.17 Å². The number of likely N-dealkylation sites (N-methyl/N-ethyl adjacent to an activating group) is 1.